The van der Waals surface area contributed by atoms with Gasteiger partial charge in [0.2, 0.25) is 0 Å². The summed E-state index contributed by atoms with van der Waals surface area (Å²) in [7, 11) is 1.95. The summed E-state index contributed by atoms with van der Waals surface area (Å²) < 4.78 is 4.06. The smallest absolute Gasteiger partial charge is 0.319 e. The van der Waals surface area contributed by atoms with Gasteiger partial charge in [-0.1, -0.05) is 49.9 Å². The summed E-state index contributed by atoms with van der Waals surface area (Å²) in [6.07, 6.45) is 6.53. The average molecular weight is 465 g/mol. The number of hydrogen-bond donors (Lipinski definition) is 2. The predicted molar refractivity (Wildman–Crippen MR) is 134 cm³/mol. The Hall–Kier alpha value is -3.32. The molecule has 2 amide bonds. The third-order valence-electron chi connectivity index (χ3n) is 5.73. The highest BCUT2D eigenvalue weighted by molar-refractivity contribution is 6.35. The number of rotatable bonds is 9. The number of carbonyl (C=O) groups excluding carboxylic acids is 1. The Morgan fingerprint density at radius 1 is 1.03 bits per heavy atom. The van der Waals surface area contributed by atoms with Crippen LogP contribution in [-0.2, 0) is 13.6 Å². The van der Waals surface area contributed by atoms with E-state index in [0.29, 0.717) is 18.1 Å². The standard InChI is InChI=1S/C25H29ClN6O/c1-3-4-5-6-15-27-25(33)28-20-12-10-19(11-13-20)24-30-29-22(31(24)2)17-32-16-14-18-8-7-9-21(26)23(18)32/h7-14,16H,3-6,15,17H2,1-2H3,(H2,27,28,33). The summed E-state index contributed by atoms with van der Waals surface area (Å²) in [5.41, 5.74) is 2.65. The van der Waals surface area contributed by atoms with Crippen LogP contribution in [0.4, 0.5) is 10.5 Å². The van der Waals surface area contributed by atoms with Crippen LogP contribution in [0.3, 0.4) is 0 Å². The highest BCUT2D eigenvalue weighted by atomic mass is 35.5. The van der Waals surface area contributed by atoms with Gasteiger partial charge in [-0.05, 0) is 42.8 Å². The molecule has 0 aliphatic carbocycles. The van der Waals surface area contributed by atoms with Crippen molar-refractivity contribution in [3.8, 4) is 11.4 Å². The summed E-state index contributed by atoms with van der Waals surface area (Å²) >= 11 is 6.41. The maximum Gasteiger partial charge on any atom is 0.319 e. The van der Waals surface area contributed by atoms with Crippen LogP contribution in [0.25, 0.3) is 22.3 Å². The maximum atomic E-state index is 12.1. The predicted octanol–water partition coefficient (Wildman–Crippen LogP) is 5.84. The lowest BCUT2D eigenvalue weighted by atomic mass is 10.2. The van der Waals surface area contributed by atoms with Crippen molar-refractivity contribution in [2.75, 3.05) is 11.9 Å². The number of para-hydroxylation sites is 1. The van der Waals surface area contributed by atoms with Gasteiger partial charge in [-0.3, -0.25) is 0 Å². The molecule has 4 aromatic rings. The number of halogens is 1. The second-order valence-electron chi connectivity index (χ2n) is 8.14. The van der Waals surface area contributed by atoms with Crippen molar-refractivity contribution in [3.05, 3.63) is 65.6 Å². The first-order valence-corrected chi connectivity index (χ1v) is 11.7. The molecular weight excluding hydrogens is 436 g/mol. The van der Waals surface area contributed by atoms with E-state index in [1.54, 1.807) is 0 Å². The number of amides is 2. The zero-order chi connectivity index (χ0) is 23.2. The van der Waals surface area contributed by atoms with Gasteiger partial charge in [-0.15, -0.1) is 10.2 Å². The van der Waals surface area contributed by atoms with Gasteiger partial charge < -0.3 is 19.8 Å². The molecule has 2 heterocycles. The Bertz CT molecular complexity index is 1230. The van der Waals surface area contributed by atoms with Crippen LogP contribution in [0.2, 0.25) is 5.02 Å². The summed E-state index contributed by atoms with van der Waals surface area (Å²) in [6.45, 7) is 3.42. The minimum atomic E-state index is -0.183. The molecule has 0 atom stereocenters. The molecule has 7 nitrogen and oxygen atoms in total. The number of urea groups is 1. The minimum Gasteiger partial charge on any atom is -0.339 e. The number of nitrogens with zero attached hydrogens (tertiary/aromatic N) is 4. The van der Waals surface area contributed by atoms with Gasteiger partial charge in [0, 0.05) is 36.4 Å². The van der Waals surface area contributed by atoms with E-state index in [9.17, 15) is 4.79 Å². The van der Waals surface area contributed by atoms with Crippen molar-refractivity contribution in [1.29, 1.82) is 0 Å². The highest BCUT2D eigenvalue weighted by Crippen LogP contribution is 2.26. The SMILES string of the molecule is CCCCCCNC(=O)Nc1ccc(-c2nnc(Cn3ccc4cccc(Cl)c43)n2C)cc1. The van der Waals surface area contributed by atoms with Gasteiger partial charge in [0.15, 0.2) is 11.6 Å². The molecule has 8 heteroatoms. The maximum absolute atomic E-state index is 12.1. The molecule has 33 heavy (non-hydrogen) atoms. The molecule has 2 aromatic carbocycles. The Morgan fingerprint density at radius 2 is 1.85 bits per heavy atom. The van der Waals surface area contributed by atoms with Crippen molar-refractivity contribution in [2.45, 2.75) is 39.2 Å². The van der Waals surface area contributed by atoms with Crippen LogP contribution in [0.15, 0.2) is 54.7 Å². The summed E-state index contributed by atoms with van der Waals surface area (Å²) in [5, 5.41) is 16.4. The third kappa shape index (κ3) is 5.37. The Labute approximate surface area is 198 Å². The average Bonchev–Trinajstić information content (AvgIpc) is 3.39. The monoisotopic (exact) mass is 464 g/mol. The first-order chi connectivity index (χ1) is 16.1. The zero-order valence-corrected chi connectivity index (χ0v) is 19.8. The quantitative estimate of drug-likeness (QED) is 0.305. The highest BCUT2D eigenvalue weighted by Gasteiger charge is 2.13. The van der Waals surface area contributed by atoms with E-state index in [0.717, 1.165) is 46.6 Å². The number of unbranched alkanes of at least 4 members (excludes halogenated alkanes) is 3. The zero-order valence-electron chi connectivity index (χ0n) is 19.0. The molecule has 0 spiro atoms. The van der Waals surface area contributed by atoms with E-state index < -0.39 is 0 Å². The molecular formula is C25H29ClN6O. The minimum absolute atomic E-state index is 0.183. The molecule has 2 N–H and O–H groups in total. The fourth-order valence-electron chi connectivity index (χ4n) is 3.88. The summed E-state index contributed by atoms with van der Waals surface area (Å²) in [6, 6.07) is 15.4. The van der Waals surface area contributed by atoms with Crippen LogP contribution in [0, 0.1) is 0 Å². The molecule has 0 aliphatic heterocycles. The number of fused-ring (bicyclic) bond motifs is 1. The summed E-state index contributed by atoms with van der Waals surface area (Å²) in [5.74, 6) is 1.59. The van der Waals surface area contributed by atoms with Crippen molar-refractivity contribution >= 4 is 34.2 Å². The molecule has 0 saturated heterocycles. The number of benzene rings is 2. The number of aromatic nitrogens is 4. The lowest BCUT2D eigenvalue weighted by Crippen LogP contribution is -2.29. The van der Waals surface area contributed by atoms with E-state index >= 15 is 0 Å². The molecule has 0 fully saturated rings. The van der Waals surface area contributed by atoms with Crippen LogP contribution < -0.4 is 10.6 Å². The van der Waals surface area contributed by atoms with Crippen molar-refractivity contribution in [1.82, 2.24) is 24.6 Å². The van der Waals surface area contributed by atoms with Crippen molar-refractivity contribution < 1.29 is 4.79 Å². The van der Waals surface area contributed by atoms with Gasteiger partial charge in [-0.25, -0.2) is 4.79 Å². The summed E-state index contributed by atoms with van der Waals surface area (Å²) in [4.78, 5) is 12.1. The van der Waals surface area contributed by atoms with E-state index in [4.69, 9.17) is 11.6 Å². The van der Waals surface area contributed by atoms with Crippen molar-refractivity contribution in [2.24, 2.45) is 7.05 Å². The second-order valence-corrected chi connectivity index (χ2v) is 8.55. The molecule has 0 saturated carbocycles. The van der Waals surface area contributed by atoms with Crippen LogP contribution in [0.1, 0.15) is 38.4 Å². The van der Waals surface area contributed by atoms with E-state index in [1.165, 1.54) is 12.8 Å². The molecule has 0 radical (unpaired) electrons. The first-order valence-electron chi connectivity index (χ1n) is 11.3. The van der Waals surface area contributed by atoms with Crippen LogP contribution in [-0.4, -0.2) is 31.9 Å². The Morgan fingerprint density at radius 3 is 2.64 bits per heavy atom. The number of anilines is 1. The van der Waals surface area contributed by atoms with Crippen LogP contribution in [0.5, 0.6) is 0 Å². The topological polar surface area (TPSA) is 76.8 Å². The van der Waals surface area contributed by atoms with E-state index in [1.807, 2.05) is 66.3 Å². The van der Waals surface area contributed by atoms with E-state index in [-0.39, 0.29) is 6.03 Å². The largest absolute Gasteiger partial charge is 0.339 e. The normalized spacial score (nSPS) is 11.1. The fourth-order valence-corrected chi connectivity index (χ4v) is 4.17. The first kappa shape index (κ1) is 22.9. The molecule has 0 unspecified atom stereocenters. The number of hydrogen-bond acceptors (Lipinski definition) is 3. The molecule has 0 aliphatic rings. The third-order valence-corrected chi connectivity index (χ3v) is 6.04. The Kier molecular flexibility index (Phi) is 7.29. The van der Waals surface area contributed by atoms with Gasteiger partial charge in [0.05, 0.1) is 17.1 Å². The van der Waals surface area contributed by atoms with Gasteiger partial charge in [-0.2, -0.15) is 0 Å². The second kappa shape index (κ2) is 10.5. The molecule has 172 valence electrons. The Balaban J connectivity index is 1.40. The lowest BCUT2D eigenvalue weighted by molar-refractivity contribution is 0.252. The lowest BCUT2D eigenvalue weighted by Gasteiger charge is -2.09. The number of carbonyl (C=O) groups is 1. The number of nitrogens with one attached hydrogen (secondary N) is 2. The van der Waals surface area contributed by atoms with Crippen molar-refractivity contribution in [3.63, 3.8) is 0 Å². The van der Waals surface area contributed by atoms with Gasteiger partial charge >= 0.3 is 6.03 Å². The van der Waals surface area contributed by atoms with Gasteiger partial charge in [0.25, 0.3) is 0 Å². The van der Waals surface area contributed by atoms with Crippen LogP contribution >= 0.6 is 11.6 Å². The fraction of sp³-hybridized carbons (Fsp3) is 0.320. The molecule has 2 aromatic heterocycles. The van der Waals surface area contributed by atoms with Gasteiger partial charge in [0.1, 0.15) is 0 Å². The molecule has 4 rings (SSSR count). The molecule has 0 bridgehead atoms. The van der Waals surface area contributed by atoms with E-state index in [2.05, 4.69) is 32.3 Å².